The highest BCUT2D eigenvalue weighted by Gasteiger charge is 2.44. The molecule has 1 aliphatic carbocycles. The zero-order valence-corrected chi connectivity index (χ0v) is 9.31. The van der Waals surface area contributed by atoms with Gasteiger partial charge in [0.05, 0.1) is 11.6 Å². The van der Waals surface area contributed by atoms with Gasteiger partial charge in [-0.2, -0.15) is 4.99 Å². The predicted molar refractivity (Wildman–Crippen MR) is 60.9 cm³/mol. The highest BCUT2D eigenvalue weighted by atomic mass is 16.3. The molecule has 1 fully saturated rings. The van der Waals surface area contributed by atoms with Crippen molar-refractivity contribution in [2.24, 2.45) is 4.99 Å². The lowest BCUT2D eigenvalue weighted by molar-refractivity contribution is 0.195. The molecule has 0 aliphatic heterocycles. The second-order valence-corrected chi connectivity index (χ2v) is 4.48. The monoisotopic (exact) mass is 217 g/mol. The van der Waals surface area contributed by atoms with Gasteiger partial charge in [0.25, 0.3) is 0 Å². The predicted octanol–water partition coefficient (Wildman–Crippen LogP) is 1.93. The fourth-order valence-corrected chi connectivity index (χ4v) is 1.96. The number of aliphatic hydroxyl groups is 1. The Morgan fingerprint density at radius 3 is 2.50 bits per heavy atom. The fourth-order valence-electron chi connectivity index (χ4n) is 1.96. The van der Waals surface area contributed by atoms with Crippen LogP contribution in [-0.2, 0) is 16.8 Å². The molecule has 0 aromatic heterocycles. The molecule has 16 heavy (non-hydrogen) atoms. The Bertz CT molecular complexity index is 412. The minimum Gasteiger partial charge on any atom is -0.393 e. The summed E-state index contributed by atoms with van der Waals surface area (Å²) < 4.78 is 0. The lowest BCUT2D eigenvalue weighted by atomic mass is 10.0. The molecule has 1 aliphatic rings. The fraction of sp³-hybridized carbons (Fsp3) is 0.462. The van der Waals surface area contributed by atoms with Crippen molar-refractivity contribution in [3.05, 3.63) is 35.4 Å². The van der Waals surface area contributed by atoms with Gasteiger partial charge < -0.3 is 5.11 Å². The summed E-state index contributed by atoms with van der Waals surface area (Å²) in [5.74, 6) is 0. The zero-order chi connectivity index (χ0) is 11.6. The maximum atomic E-state index is 10.3. The first-order valence-corrected chi connectivity index (χ1v) is 5.53. The van der Waals surface area contributed by atoms with Crippen LogP contribution in [0.2, 0.25) is 0 Å². The van der Waals surface area contributed by atoms with Crippen LogP contribution in [0.3, 0.4) is 0 Å². The van der Waals surface area contributed by atoms with Crippen molar-refractivity contribution < 1.29 is 9.90 Å². The molecular formula is C13H15NO2. The highest BCUT2D eigenvalue weighted by molar-refractivity contribution is 5.41. The molecule has 3 heteroatoms. The standard InChI is InChI=1S/C13H15NO2/c1-10(16)8-11-2-4-12(5-3-11)13(6-7-13)14-9-15/h2-5,10,16H,6-8H2,1H3. The molecule has 1 atom stereocenters. The van der Waals surface area contributed by atoms with E-state index in [0.29, 0.717) is 6.42 Å². The van der Waals surface area contributed by atoms with E-state index in [1.165, 1.54) is 0 Å². The van der Waals surface area contributed by atoms with Crippen molar-refractivity contribution in [1.82, 2.24) is 0 Å². The van der Waals surface area contributed by atoms with E-state index < -0.39 is 0 Å². The molecule has 2 rings (SSSR count). The summed E-state index contributed by atoms with van der Waals surface area (Å²) in [5.41, 5.74) is 1.89. The number of aliphatic hydroxyl groups excluding tert-OH is 1. The molecule has 0 amide bonds. The second kappa shape index (κ2) is 4.20. The van der Waals surface area contributed by atoms with E-state index in [-0.39, 0.29) is 11.6 Å². The minimum atomic E-state index is -0.325. The Hall–Kier alpha value is -1.44. The van der Waals surface area contributed by atoms with Crippen LogP contribution in [0, 0.1) is 0 Å². The Balaban J connectivity index is 2.16. The molecule has 0 radical (unpaired) electrons. The lowest BCUT2D eigenvalue weighted by Gasteiger charge is -2.09. The summed E-state index contributed by atoms with van der Waals surface area (Å²) in [6, 6.07) is 7.96. The number of hydrogen-bond donors (Lipinski definition) is 1. The van der Waals surface area contributed by atoms with Crippen molar-refractivity contribution in [2.45, 2.75) is 37.8 Å². The first kappa shape index (κ1) is 11.1. The lowest BCUT2D eigenvalue weighted by Crippen LogP contribution is -2.06. The van der Waals surface area contributed by atoms with Crippen molar-refractivity contribution >= 4 is 6.08 Å². The van der Waals surface area contributed by atoms with E-state index in [9.17, 15) is 9.90 Å². The Morgan fingerprint density at radius 2 is 2.06 bits per heavy atom. The van der Waals surface area contributed by atoms with Crippen LogP contribution >= 0.6 is 0 Å². The van der Waals surface area contributed by atoms with Crippen LogP contribution in [-0.4, -0.2) is 17.3 Å². The first-order chi connectivity index (χ1) is 7.66. The molecule has 1 N–H and O–H groups in total. The SMILES string of the molecule is CC(O)Cc1ccc(C2(N=C=O)CC2)cc1. The van der Waals surface area contributed by atoms with Crippen LogP contribution in [0.15, 0.2) is 29.3 Å². The quantitative estimate of drug-likeness (QED) is 0.619. The smallest absolute Gasteiger partial charge is 0.235 e. The molecule has 1 aromatic rings. The van der Waals surface area contributed by atoms with E-state index in [0.717, 1.165) is 24.0 Å². The molecule has 0 spiro atoms. The molecule has 0 heterocycles. The Kier molecular flexibility index (Phi) is 2.90. The Morgan fingerprint density at radius 1 is 1.44 bits per heavy atom. The summed E-state index contributed by atoms with van der Waals surface area (Å²) in [5, 5.41) is 9.26. The molecule has 0 saturated heterocycles. The van der Waals surface area contributed by atoms with Gasteiger partial charge in [0, 0.05) is 0 Å². The van der Waals surface area contributed by atoms with Crippen molar-refractivity contribution in [1.29, 1.82) is 0 Å². The van der Waals surface area contributed by atoms with Gasteiger partial charge >= 0.3 is 0 Å². The average Bonchev–Trinajstić information content (AvgIpc) is 2.99. The van der Waals surface area contributed by atoms with Gasteiger partial charge in [-0.15, -0.1) is 0 Å². The summed E-state index contributed by atoms with van der Waals surface area (Å²) in [4.78, 5) is 14.2. The van der Waals surface area contributed by atoms with Crippen LogP contribution < -0.4 is 0 Å². The maximum absolute atomic E-state index is 10.3. The van der Waals surface area contributed by atoms with Crippen molar-refractivity contribution in [3.8, 4) is 0 Å². The third kappa shape index (κ3) is 2.21. The van der Waals surface area contributed by atoms with Gasteiger partial charge in [-0.1, -0.05) is 24.3 Å². The summed E-state index contributed by atoms with van der Waals surface area (Å²) in [6.07, 6.45) is 3.84. The highest BCUT2D eigenvalue weighted by Crippen LogP contribution is 2.49. The number of benzene rings is 1. The van der Waals surface area contributed by atoms with Crippen LogP contribution in [0.5, 0.6) is 0 Å². The third-order valence-corrected chi connectivity index (χ3v) is 3.01. The molecule has 3 nitrogen and oxygen atoms in total. The molecule has 1 saturated carbocycles. The molecule has 84 valence electrons. The summed E-state index contributed by atoms with van der Waals surface area (Å²) in [6.45, 7) is 1.77. The van der Waals surface area contributed by atoms with Crippen molar-refractivity contribution in [3.63, 3.8) is 0 Å². The van der Waals surface area contributed by atoms with Gasteiger partial charge in [0.2, 0.25) is 6.08 Å². The van der Waals surface area contributed by atoms with Gasteiger partial charge in [-0.05, 0) is 37.3 Å². The number of nitrogens with zero attached hydrogens (tertiary/aromatic N) is 1. The normalized spacial score (nSPS) is 18.6. The van der Waals surface area contributed by atoms with Crippen molar-refractivity contribution in [2.75, 3.05) is 0 Å². The number of aliphatic imine (C=N–C) groups is 1. The Labute approximate surface area is 94.8 Å². The van der Waals surface area contributed by atoms with Crippen LogP contribution in [0.25, 0.3) is 0 Å². The molecule has 1 unspecified atom stereocenters. The number of carbonyl (C=O) groups excluding carboxylic acids is 1. The third-order valence-electron chi connectivity index (χ3n) is 3.01. The van der Waals surface area contributed by atoms with Gasteiger partial charge in [0.15, 0.2) is 0 Å². The van der Waals surface area contributed by atoms with Crippen LogP contribution in [0.1, 0.15) is 30.9 Å². The summed E-state index contributed by atoms with van der Waals surface area (Å²) >= 11 is 0. The van der Waals surface area contributed by atoms with Gasteiger partial charge in [-0.25, -0.2) is 4.79 Å². The van der Waals surface area contributed by atoms with Gasteiger partial charge in [0.1, 0.15) is 0 Å². The zero-order valence-electron chi connectivity index (χ0n) is 9.31. The van der Waals surface area contributed by atoms with E-state index in [1.54, 1.807) is 13.0 Å². The van der Waals surface area contributed by atoms with E-state index >= 15 is 0 Å². The average molecular weight is 217 g/mol. The minimum absolute atomic E-state index is 0.287. The number of hydrogen-bond acceptors (Lipinski definition) is 3. The topological polar surface area (TPSA) is 49.7 Å². The van der Waals surface area contributed by atoms with Gasteiger partial charge in [-0.3, -0.25) is 0 Å². The molecular weight excluding hydrogens is 202 g/mol. The van der Waals surface area contributed by atoms with E-state index in [1.807, 2.05) is 24.3 Å². The van der Waals surface area contributed by atoms with E-state index in [4.69, 9.17) is 0 Å². The summed E-state index contributed by atoms with van der Waals surface area (Å²) in [7, 11) is 0. The van der Waals surface area contributed by atoms with Crippen LogP contribution in [0.4, 0.5) is 0 Å². The molecule has 0 bridgehead atoms. The second-order valence-electron chi connectivity index (χ2n) is 4.48. The van der Waals surface area contributed by atoms with E-state index in [2.05, 4.69) is 4.99 Å². The first-order valence-electron chi connectivity index (χ1n) is 5.53. The molecule has 1 aromatic carbocycles. The largest absolute Gasteiger partial charge is 0.393 e. The number of rotatable bonds is 4. The number of isocyanates is 1. The maximum Gasteiger partial charge on any atom is 0.235 e.